The number of hydrogen-bond acceptors (Lipinski definition) is 8. The van der Waals surface area contributed by atoms with Crippen LogP contribution < -0.4 is 5.32 Å². The highest BCUT2D eigenvalue weighted by Gasteiger charge is 2.31. The van der Waals surface area contributed by atoms with Crippen molar-refractivity contribution in [2.24, 2.45) is 5.41 Å². The molecule has 10 heteroatoms. The zero-order valence-electron chi connectivity index (χ0n) is 23.1. The molecule has 10 nitrogen and oxygen atoms in total. The predicted octanol–water partition coefficient (Wildman–Crippen LogP) is 3.98. The molecule has 3 rings (SSSR count). The molecule has 1 amide bonds. The summed E-state index contributed by atoms with van der Waals surface area (Å²) < 4.78 is 10.1. The average Bonchev–Trinajstić information content (AvgIpc) is 3.31. The molecule has 0 aliphatic carbocycles. The molecule has 39 heavy (non-hydrogen) atoms. The van der Waals surface area contributed by atoms with Crippen LogP contribution in [0.15, 0.2) is 36.9 Å². The van der Waals surface area contributed by atoms with Crippen molar-refractivity contribution in [1.29, 1.82) is 0 Å². The first-order chi connectivity index (χ1) is 18.6. The SMILES string of the molecule is CCOC(=O)CC[C@H](NC(=O)c1cccc(CCc2c[nH]c3ncncc23)c1C(=O)C(C)(C)C)C(=O)OCC. The maximum absolute atomic E-state index is 13.6. The van der Waals surface area contributed by atoms with Gasteiger partial charge in [0.2, 0.25) is 0 Å². The highest BCUT2D eigenvalue weighted by Crippen LogP contribution is 2.28. The number of rotatable bonds is 12. The number of esters is 2. The van der Waals surface area contributed by atoms with Crippen LogP contribution in [0, 0.1) is 5.41 Å². The highest BCUT2D eigenvalue weighted by atomic mass is 16.5. The van der Waals surface area contributed by atoms with Crippen molar-refractivity contribution in [3.63, 3.8) is 0 Å². The van der Waals surface area contributed by atoms with E-state index in [0.717, 1.165) is 16.6 Å². The maximum atomic E-state index is 13.6. The number of ether oxygens (including phenoxy) is 2. The van der Waals surface area contributed by atoms with Gasteiger partial charge in [0.15, 0.2) is 5.78 Å². The van der Waals surface area contributed by atoms with Crippen molar-refractivity contribution in [2.75, 3.05) is 13.2 Å². The van der Waals surface area contributed by atoms with Gasteiger partial charge in [0, 0.05) is 35.2 Å². The van der Waals surface area contributed by atoms with Crippen molar-refractivity contribution in [1.82, 2.24) is 20.3 Å². The first kappa shape index (κ1) is 29.5. The number of Topliss-reactive ketones (excluding diaryl/α,β-unsaturated/α-hetero) is 1. The van der Waals surface area contributed by atoms with Crippen molar-refractivity contribution < 1.29 is 28.7 Å². The Labute approximate surface area is 227 Å². The molecule has 2 aromatic heterocycles. The minimum Gasteiger partial charge on any atom is -0.466 e. The number of nitrogens with one attached hydrogen (secondary N) is 2. The number of H-pyrrole nitrogens is 1. The molecule has 2 heterocycles. The van der Waals surface area contributed by atoms with Gasteiger partial charge >= 0.3 is 11.9 Å². The Morgan fingerprint density at radius 2 is 1.74 bits per heavy atom. The van der Waals surface area contributed by atoms with Crippen LogP contribution in [0.2, 0.25) is 0 Å². The van der Waals surface area contributed by atoms with Crippen LogP contribution in [0.4, 0.5) is 0 Å². The van der Waals surface area contributed by atoms with Gasteiger partial charge in [-0.05, 0) is 50.3 Å². The number of fused-ring (bicyclic) bond motifs is 1. The Morgan fingerprint density at radius 3 is 2.44 bits per heavy atom. The fourth-order valence-electron chi connectivity index (χ4n) is 4.25. The van der Waals surface area contributed by atoms with E-state index in [1.807, 2.05) is 12.3 Å². The van der Waals surface area contributed by atoms with E-state index in [4.69, 9.17) is 9.47 Å². The Morgan fingerprint density at radius 1 is 1.03 bits per heavy atom. The van der Waals surface area contributed by atoms with Crippen molar-refractivity contribution >= 4 is 34.7 Å². The van der Waals surface area contributed by atoms with E-state index in [1.54, 1.807) is 52.9 Å². The molecule has 0 fully saturated rings. The zero-order chi connectivity index (χ0) is 28.6. The van der Waals surface area contributed by atoms with Gasteiger partial charge in [-0.1, -0.05) is 32.9 Å². The van der Waals surface area contributed by atoms with E-state index in [-0.39, 0.29) is 37.4 Å². The van der Waals surface area contributed by atoms with Gasteiger partial charge in [-0.25, -0.2) is 14.8 Å². The molecule has 0 bridgehead atoms. The molecule has 3 aromatic rings. The molecule has 0 spiro atoms. The van der Waals surface area contributed by atoms with Crippen LogP contribution in [0.5, 0.6) is 0 Å². The summed E-state index contributed by atoms with van der Waals surface area (Å²) in [6, 6.07) is 4.06. The normalized spacial score (nSPS) is 12.1. The van der Waals surface area contributed by atoms with E-state index in [1.165, 1.54) is 6.33 Å². The molecule has 1 atom stereocenters. The number of aromatic nitrogens is 3. The standard InChI is InChI=1S/C29H36N4O6/c1-6-38-23(34)14-13-22(28(37)39-7-2)33-27(36)20-10-8-9-18(24(20)25(35)29(3,4)5)11-12-19-15-31-26-21(19)16-30-17-32-26/h8-10,15-17,22H,6-7,11-14H2,1-5H3,(H,33,36)(H,30,31,32)/t22-/m0/s1. The summed E-state index contributed by atoms with van der Waals surface area (Å²) in [7, 11) is 0. The molecule has 0 saturated heterocycles. The number of ketones is 1. The van der Waals surface area contributed by atoms with E-state index in [0.29, 0.717) is 24.0 Å². The summed E-state index contributed by atoms with van der Waals surface area (Å²) >= 11 is 0. The number of carbonyl (C=O) groups is 4. The highest BCUT2D eigenvalue weighted by molar-refractivity contribution is 6.11. The fraction of sp³-hybridized carbons (Fsp3) is 0.448. The molecular formula is C29H36N4O6. The van der Waals surface area contributed by atoms with E-state index in [9.17, 15) is 19.2 Å². The molecule has 208 valence electrons. The summed E-state index contributed by atoms with van der Waals surface area (Å²) in [5.41, 5.74) is 2.16. The van der Waals surface area contributed by atoms with Crippen LogP contribution >= 0.6 is 0 Å². The van der Waals surface area contributed by atoms with E-state index >= 15 is 0 Å². The quantitative estimate of drug-likeness (QED) is 0.262. The van der Waals surface area contributed by atoms with Crippen LogP contribution in [0.3, 0.4) is 0 Å². The summed E-state index contributed by atoms with van der Waals surface area (Å²) in [4.78, 5) is 63.1. The average molecular weight is 537 g/mol. The number of amides is 1. The van der Waals surface area contributed by atoms with Crippen LogP contribution in [0.25, 0.3) is 11.0 Å². The Balaban J connectivity index is 1.92. The van der Waals surface area contributed by atoms with Gasteiger partial charge in [-0.15, -0.1) is 0 Å². The lowest BCUT2D eigenvalue weighted by Gasteiger charge is -2.23. The summed E-state index contributed by atoms with van der Waals surface area (Å²) in [6.45, 7) is 9.07. The van der Waals surface area contributed by atoms with Crippen molar-refractivity contribution in [2.45, 2.75) is 66.3 Å². The summed E-state index contributed by atoms with van der Waals surface area (Å²) in [5, 5.41) is 3.59. The minimum atomic E-state index is -1.07. The number of carbonyl (C=O) groups excluding carboxylic acids is 4. The van der Waals surface area contributed by atoms with Gasteiger partial charge in [0.05, 0.1) is 18.8 Å². The number of hydrogen-bond donors (Lipinski definition) is 2. The Bertz CT molecular complexity index is 1340. The van der Waals surface area contributed by atoms with Gasteiger partial charge in [0.1, 0.15) is 18.0 Å². The minimum absolute atomic E-state index is 0.00822. The number of aryl methyl sites for hydroxylation is 2. The molecule has 0 unspecified atom stereocenters. The van der Waals surface area contributed by atoms with Crippen LogP contribution in [-0.2, 0) is 31.9 Å². The molecule has 0 aliphatic heterocycles. The lowest BCUT2D eigenvalue weighted by Crippen LogP contribution is -2.43. The maximum Gasteiger partial charge on any atom is 0.328 e. The van der Waals surface area contributed by atoms with Gasteiger partial charge in [-0.2, -0.15) is 0 Å². The lowest BCUT2D eigenvalue weighted by atomic mass is 9.81. The van der Waals surface area contributed by atoms with Crippen LogP contribution in [-0.4, -0.2) is 57.8 Å². The predicted molar refractivity (Wildman–Crippen MR) is 145 cm³/mol. The smallest absolute Gasteiger partial charge is 0.328 e. The van der Waals surface area contributed by atoms with E-state index < -0.39 is 29.3 Å². The number of nitrogens with zero attached hydrogens (tertiary/aromatic N) is 2. The second-order valence-electron chi connectivity index (χ2n) is 10.1. The first-order valence-corrected chi connectivity index (χ1v) is 13.1. The zero-order valence-corrected chi connectivity index (χ0v) is 23.1. The number of benzene rings is 1. The van der Waals surface area contributed by atoms with Crippen molar-refractivity contribution in [3.8, 4) is 0 Å². The summed E-state index contributed by atoms with van der Waals surface area (Å²) in [5.74, 6) is -1.91. The van der Waals surface area contributed by atoms with Crippen molar-refractivity contribution in [3.05, 3.63) is 59.2 Å². The molecule has 0 radical (unpaired) electrons. The van der Waals surface area contributed by atoms with Gasteiger partial charge < -0.3 is 19.8 Å². The Kier molecular flexibility index (Phi) is 9.92. The molecule has 1 aromatic carbocycles. The largest absolute Gasteiger partial charge is 0.466 e. The third kappa shape index (κ3) is 7.49. The van der Waals surface area contributed by atoms with Crippen LogP contribution in [0.1, 0.15) is 79.3 Å². The Hall–Kier alpha value is -4.08. The molecule has 0 aliphatic rings. The molecular weight excluding hydrogens is 500 g/mol. The third-order valence-corrected chi connectivity index (χ3v) is 6.23. The second kappa shape index (κ2) is 13.1. The monoisotopic (exact) mass is 536 g/mol. The lowest BCUT2D eigenvalue weighted by molar-refractivity contribution is -0.146. The second-order valence-corrected chi connectivity index (χ2v) is 10.1. The molecule has 0 saturated carbocycles. The fourth-order valence-corrected chi connectivity index (χ4v) is 4.25. The topological polar surface area (TPSA) is 140 Å². The molecule has 2 N–H and O–H groups in total. The number of aromatic amines is 1. The van der Waals surface area contributed by atoms with Gasteiger partial charge in [0.25, 0.3) is 5.91 Å². The third-order valence-electron chi connectivity index (χ3n) is 6.23. The van der Waals surface area contributed by atoms with E-state index in [2.05, 4.69) is 20.3 Å². The van der Waals surface area contributed by atoms with Gasteiger partial charge in [-0.3, -0.25) is 14.4 Å². The summed E-state index contributed by atoms with van der Waals surface area (Å²) in [6.07, 6.45) is 6.10. The first-order valence-electron chi connectivity index (χ1n) is 13.1.